The number of carbonyl (C=O) groups is 1. The van der Waals surface area contributed by atoms with Gasteiger partial charge in [0.05, 0.1) is 0 Å². The van der Waals surface area contributed by atoms with Gasteiger partial charge in [-0.1, -0.05) is 12.1 Å². The first kappa shape index (κ1) is 16.8. The molecular weight excluding hydrogens is 351 g/mol. The number of nitrogens with one attached hydrogen (secondary N) is 2. The summed E-state index contributed by atoms with van der Waals surface area (Å²) in [5.41, 5.74) is 2.23. The second-order valence-electron chi connectivity index (χ2n) is 6.32. The first-order valence-corrected chi connectivity index (χ1v) is 9.47. The topological polar surface area (TPSA) is 61.0 Å². The summed E-state index contributed by atoms with van der Waals surface area (Å²) < 4.78 is 13.0. The predicted molar refractivity (Wildman–Crippen MR) is 101 cm³/mol. The van der Waals surface area contributed by atoms with Gasteiger partial charge in [-0.15, -0.1) is 11.3 Å². The average molecular weight is 370 g/mol. The maximum absolute atomic E-state index is 13.0. The Morgan fingerprint density at radius 3 is 2.96 bits per heavy atom. The molecule has 1 aliphatic rings. The molecule has 7 heteroatoms. The van der Waals surface area contributed by atoms with E-state index in [0.29, 0.717) is 12.2 Å². The summed E-state index contributed by atoms with van der Waals surface area (Å²) in [5, 5.41) is 6.00. The van der Waals surface area contributed by atoms with E-state index in [-0.39, 0.29) is 17.8 Å². The Labute approximate surface area is 154 Å². The number of aromatic nitrogens is 2. The molecule has 2 N–H and O–H groups in total. The molecule has 134 valence electrons. The highest BCUT2D eigenvalue weighted by Crippen LogP contribution is 2.27. The number of hydrogen-bond donors (Lipinski definition) is 2. The van der Waals surface area contributed by atoms with Crippen LogP contribution in [0.15, 0.2) is 48.1 Å². The minimum absolute atomic E-state index is 0.135. The largest absolute Gasteiger partial charge is 0.357 e. The van der Waals surface area contributed by atoms with Gasteiger partial charge in [-0.05, 0) is 42.2 Å². The van der Waals surface area contributed by atoms with Gasteiger partial charge in [-0.3, -0.25) is 4.79 Å². The summed E-state index contributed by atoms with van der Waals surface area (Å²) in [6.07, 6.45) is 5.73. The molecule has 0 saturated carbocycles. The van der Waals surface area contributed by atoms with E-state index in [0.717, 1.165) is 35.6 Å². The van der Waals surface area contributed by atoms with Gasteiger partial charge in [-0.2, -0.15) is 0 Å². The average Bonchev–Trinajstić information content (AvgIpc) is 3.40. The lowest BCUT2D eigenvalue weighted by atomic mass is 10.1. The normalized spacial score (nSPS) is 16.8. The Bertz CT molecular complexity index is 875. The molecule has 1 aromatic carbocycles. The van der Waals surface area contributed by atoms with Crippen molar-refractivity contribution in [2.75, 3.05) is 18.0 Å². The van der Waals surface area contributed by atoms with E-state index >= 15 is 0 Å². The first-order chi connectivity index (χ1) is 12.7. The number of halogens is 1. The molecule has 0 aliphatic carbocycles. The Balaban J connectivity index is 1.39. The van der Waals surface area contributed by atoms with Crippen LogP contribution in [0.3, 0.4) is 0 Å². The lowest BCUT2D eigenvalue weighted by molar-refractivity contribution is 0.0947. The van der Waals surface area contributed by atoms with Crippen LogP contribution in [0.4, 0.5) is 9.52 Å². The minimum Gasteiger partial charge on any atom is -0.357 e. The predicted octanol–water partition coefficient (Wildman–Crippen LogP) is 3.68. The van der Waals surface area contributed by atoms with Crippen LogP contribution in [0, 0.1) is 5.82 Å². The molecule has 0 spiro atoms. The molecule has 1 fully saturated rings. The van der Waals surface area contributed by atoms with Crippen molar-refractivity contribution in [2.24, 2.45) is 0 Å². The molecule has 1 saturated heterocycles. The Morgan fingerprint density at radius 1 is 1.35 bits per heavy atom. The lowest BCUT2D eigenvalue weighted by Gasteiger charge is -2.24. The minimum atomic E-state index is -0.274. The van der Waals surface area contributed by atoms with E-state index in [1.807, 2.05) is 11.6 Å². The summed E-state index contributed by atoms with van der Waals surface area (Å²) in [5.74, 6) is -0.409. The van der Waals surface area contributed by atoms with Crippen molar-refractivity contribution in [1.82, 2.24) is 15.3 Å². The van der Waals surface area contributed by atoms with Crippen LogP contribution in [0.25, 0.3) is 11.1 Å². The molecule has 0 bridgehead atoms. The van der Waals surface area contributed by atoms with Crippen molar-refractivity contribution in [3.8, 4) is 11.1 Å². The third kappa shape index (κ3) is 3.48. The number of anilines is 1. The van der Waals surface area contributed by atoms with Crippen LogP contribution in [0.5, 0.6) is 0 Å². The van der Waals surface area contributed by atoms with Crippen molar-refractivity contribution in [2.45, 2.75) is 18.9 Å². The van der Waals surface area contributed by atoms with Gasteiger partial charge in [0.2, 0.25) is 0 Å². The molecule has 3 heterocycles. The number of aromatic amines is 1. The molecule has 3 aromatic rings. The second kappa shape index (κ2) is 7.29. The highest BCUT2D eigenvalue weighted by molar-refractivity contribution is 7.13. The standard InChI is InChI=1S/C19H19FN4OS/c20-15-5-3-13(4-6-15)14-10-17(22-11-14)18(25)23-12-16-2-1-8-24(16)19-21-7-9-26-19/h3-7,9-11,16,22H,1-2,8,12H2,(H,23,25). The highest BCUT2D eigenvalue weighted by Gasteiger charge is 2.26. The molecular formula is C19H19FN4OS. The van der Waals surface area contributed by atoms with Gasteiger partial charge < -0.3 is 15.2 Å². The zero-order valence-corrected chi connectivity index (χ0v) is 14.9. The van der Waals surface area contributed by atoms with Crippen molar-refractivity contribution in [1.29, 1.82) is 0 Å². The van der Waals surface area contributed by atoms with Crippen LogP contribution in [-0.2, 0) is 0 Å². The number of amides is 1. The fourth-order valence-corrected chi connectivity index (χ4v) is 4.04. The fraction of sp³-hybridized carbons (Fsp3) is 0.263. The first-order valence-electron chi connectivity index (χ1n) is 8.59. The Kier molecular flexibility index (Phi) is 4.71. The van der Waals surface area contributed by atoms with Crippen LogP contribution in [0.1, 0.15) is 23.3 Å². The van der Waals surface area contributed by atoms with Crippen LogP contribution in [0.2, 0.25) is 0 Å². The van der Waals surface area contributed by atoms with Crippen LogP contribution < -0.4 is 10.2 Å². The zero-order chi connectivity index (χ0) is 17.9. The van der Waals surface area contributed by atoms with E-state index < -0.39 is 0 Å². The fourth-order valence-electron chi connectivity index (χ4n) is 3.30. The smallest absolute Gasteiger partial charge is 0.267 e. The molecule has 1 aliphatic heterocycles. The number of nitrogens with zero attached hydrogens (tertiary/aromatic N) is 2. The second-order valence-corrected chi connectivity index (χ2v) is 7.20. The van der Waals surface area contributed by atoms with Gasteiger partial charge in [0.25, 0.3) is 5.91 Å². The number of H-pyrrole nitrogens is 1. The van der Waals surface area contributed by atoms with Gasteiger partial charge in [0, 0.05) is 36.9 Å². The zero-order valence-electron chi connectivity index (χ0n) is 14.1. The van der Waals surface area contributed by atoms with Gasteiger partial charge in [0.15, 0.2) is 5.13 Å². The third-order valence-corrected chi connectivity index (χ3v) is 5.45. The molecule has 26 heavy (non-hydrogen) atoms. The summed E-state index contributed by atoms with van der Waals surface area (Å²) in [6.45, 7) is 1.56. The summed E-state index contributed by atoms with van der Waals surface area (Å²) in [6, 6.07) is 8.28. The molecule has 2 aromatic heterocycles. The highest BCUT2D eigenvalue weighted by atomic mass is 32.1. The summed E-state index contributed by atoms with van der Waals surface area (Å²) in [4.78, 5) is 22.1. The maximum atomic E-state index is 13.0. The molecule has 4 rings (SSSR count). The van der Waals surface area contributed by atoms with Crippen molar-refractivity contribution >= 4 is 22.4 Å². The summed E-state index contributed by atoms with van der Waals surface area (Å²) in [7, 11) is 0. The molecule has 1 unspecified atom stereocenters. The Morgan fingerprint density at radius 2 is 2.19 bits per heavy atom. The number of thiazole rings is 1. The molecule has 1 amide bonds. The Hall–Kier alpha value is -2.67. The van der Waals surface area contributed by atoms with E-state index in [9.17, 15) is 9.18 Å². The monoisotopic (exact) mass is 370 g/mol. The number of carbonyl (C=O) groups excluding carboxylic acids is 1. The molecule has 1 atom stereocenters. The van der Waals surface area contributed by atoms with Crippen molar-refractivity contribution in [3.05, 3.63) is 59.6 Å². The summed E-state index contributed by atoms with van der Waals surface area (Å²) >= 11 is 1.63. The van der Waals surface area contributed by atoms with E-state index in [2.05, 4.69) is 20.2 Å². The molecule has 0 radical (unpaired) electrons. The van der Waals surface area contributed by atoms with Crippen molar-refractivity contribution < 1.29 is 9.18 Å². The van der Waals surface area contributed by atoms with Crippen molar-refractivity contribution in [3.63, 3.8) is 0 Å². The number of rotatable bonds is 5. The van der Waals surface area contributed by atoms with Gasteiger partial charge in [-0.25, -0.2) is 9.37 Å². The number of hydrogen-bond acceptors (Lipinski definition) is 4. The van der Waals surface area contributed by atoms with Crippen LogP contribution >= 0.6 is 11.3 Å². The van der Waals surface area contributed by atoms with Gasteiger partial charge in [0.1, 0.15) is 11.5 Å². The molecule has 5 nitrogen and oxygen atoms in total. The lowest BCUT2D eigenvalue weighted by Crippen LogP contribution is -2.40. The number of benzene rings is 1. The maximum Gasteiger partial charge on any atom is 0.267 e. The van der Waals surface area contributed by atoms with E-state index in [4.69, 9.17) is 0 Å². The van der Waals surface area contributed by atoms with Gasteiger partial charge >= 0.3 is 0 Å². The quantitative estimate of drug-likeness (QED) is 0.720. The van der Waals surface area contributed by atoms with Crippen LogP contribution in [-0.4, -0.2) is 35.0 Å². The van der Waals surface area contributed by atoms with E-state index in [1.165, 1.54) is 12.1 Å². The van der Waals surface area contributed by atoms with E-state index in [1.54, 1.807) is 35.7 Å². The third-order valence-electron chi connectivity index (χ3n) is 4.65. The SMILES string of the molecule is O=C(NCC1CCCN1c1nccs1)c1cc(-c2ccc(F)cc2)c[nH]1.